The van der Waals surface area contributed by atoms with Crippen molar-refractivity contribution in [1.82, 2.24) is 45.2 Å². The van der Waals surface area contributed by atoms with E-state index in [4.69, 9.17) is 19.2 Å². The molecule has 448 valence electrons. The number of methoxy groups -OCH3 is 1. The standard InChI is InChI=1S/C65H89FN10O7/c1-6-75-54-16-15-45-30-49(54)51(59(75)50-31-47(34-67-55(50)40(2)81-5)72-23-22-71-24-25-82-36-48(71)35-72)32-64(3,4)39-83-63(80)52-12-9-19-76(70-52)61(78)53(29-41-26-42(33-66)28-46(45)27-41)68-60(77)58(44-10-7-8-11-44)73-20-17-65(37-73)18-21-74(38-65)62(79)57-56(69-57)43-13-14-43/h15-16,26-28,30,34,40,43-44,47-48,52-53,56-58,69-70H,6-14,17-25,29,31-33,35-39H2,1-5H3,(H,68,77)/t40-,47?,48-,52-,53-,56+,57+,58-,65-/m0/s1. The Morgan fingerprint density at radius 2 is 1.75 bits per heavy atom. The number of nitrogens with one attached hydrogen (secondary N) is 3. The molecular weight excluding hydrogens is 1050 g/mol. The number of nitrogens with zero attached hydrogens (tertiary/aromatic N) is 7. The molecule has 2 aromatic carbocycles. The summed E-state index contributed by atoms with van der Waals surface area (Å²) in [7, 11) is 1.74. The molecule has 1 aromatic heterocycles. The van der Waals surface area contributed by atoms with Crippen molar-refractivity contribution in [2.45, 2.75) is 173 Å². The molecule has 83 heavy (non-hydrogen) atoms. The van der Waals surface area contributed by atoms with Gasteiger partial charge in [-0.1, -0.05) is 44.9 Å². The molecule has 2 saturated carbocycles. The zero-order chi connectivity index (χ0) is 57.3. The lowest BCUT2D eigenvalue weighted by atomic mass is 9.83. The maximum Gasteiger partial charge on any atom is 0.324 e. The topological polar surface area (TPSA) is 175 Å². The molecule has 8 fully saturated rings. The Bertz CT molecular complexity index is 3040. The number of aliphatic imine (C=N–C) groups is 1. The Morgan fingerprint density at radius 3 is 2.54 bits per heavy atom. The minimum atomic E-state index is -1.02. The zero-order valence-electron chi connectivity index (χ0n) is 49.8. The van der Waals surface area contributed by atoms with Crippen molar-refractivity contribution in [2.75, 3.05) is 85.8 Å². The fourth-order valence-corrected chi connectivity index (χ4v) is 16.1. The molecular formula is C65H89FN10O7. The van der Waals surface area contributed by atoms with Gasteiger partial charge in [-0.3, -0.25) is 49.2 Å². The number of aryl methyl sites for hydroxylation is 1. The summed E-state index contributed by atoms with van der Waals surface area (Å²) in [5, 5.41) is 9.40. The number of ether oxygens (including phenoxy) is 3. The van der Waals surface area contributed by atoms with Gasteiger partial charge >= 0.3 is 5.97 Å². The van der Waals surface area contributed by atoms with Crippen molar-refractivity contribution in [3.05, 3.63) is 64.5 Å². The van der Waals surface area contributed by atoms with Crippen molar-refractivity contribution in [1.29, 1.82) is 0 Å². The first-order valence-electron chi connectivity index (χ1n) is 31.7. The normalized spacial score (nSPS) is 30.9. The summed E-state index contributed by atoms with van der Waals surface area (Å²) in [4.78, 5) is 73.6. The Kier molecular flexibility index (Phi) is 16.0. The third-order valence-electron chi connectivity index (χ3n) is 20.9. The molecule has 10 aliphatic rings. The number of hydrogen-bond acceptors (Lipinski definition) is 13. The van der Waals surface area contributed by atoms with Crippen molar-refractivity contribution in [3.8, 4) is 11.1 Å². The van der Waals surface area contributed by atoms with Gasteiger partial charge in [-0.15, -0.1) is 0 Å². The van der Waals surface area contributed by atoms with Crippen LogP contribution in [0.2, 0.25) is 0 Å². The summed E-state index contributed by atoms with van der Waals surface area (Å²) in [6.07, 6.45) is 12.5. The van der Waals surface area contributed by atoms with Gasteiger partial charge in [-0.05, 0) is 142 Å². The molecule has 9 heterocycles. The molecule has 0 radical (unpaired) electrons. The number of piperazine rings is 1. The van der Waals surface area contributed by atoms with Gasteiger partial charge in [0.1, 0.15) is 24.8 Å². The van der Waals surface area contributed by atoms with Gasteiger partial charge in [0.25, 0.3) is 5.91 Å². The minimum Gasteiger partial charge on any atom is -0.464 e. The quantitative estimate of drug-likeness (QED) is 0.137. The molecule has 3 N–H and O–H groups in total. The van der Waals surface area contributed by atoms with E-state index in [0.29, 0.717) is 62.5 Å². The number of fused-ring (bicyclic) bond motifs is 7. The molecule has 1 spiro atoms. The van der Waals surface area contributed by atoms with Crippen LogP contribution in [0.3, 0.4) is 0 Å². The van der Waals surface area contributed by atoms with Crippen LogP contribution in [0.25, 0.3) is 27.6 Å². The van der Waals surface area contributed by atoms with E-state index in [1.54, 1.807) is 7.11 Å². The van der Waals surface area contributed by atoms with E-state index in [0.717, 1.165) is 154 Å². The van der Waals surface area contributed by atoms with E-state index in [1.165, 1.54) is 17.9 Å². The number of hydrogen-bond donors (Lipinski definition) is 3. The van der Waals surface area contributed by atoms with E-state index in [9.17, 15) is 9.59 Å². The maximum absolute atomic E-state index is 15.4. The SMILES string of the molecule is CCn1c(C2=C([C@H](C)OC)N=CC(N3CCN4CCOC[C@@H]4C3)C2)c2c3cc(ccc31)-c1cc(CF)cc(c1)C[C@H](NC(=O)[C@H](C1CCCC1)N1CC[C@]3(CCN(C(=O)[C@@H]4N[C@@H]4C4CC4)C3)C1)C(=O)N1CCC[C@H](N1)C(=O)OCC(C)(C)C2. The zero-order valence-corrected chi connectivity index (χ0v) is 49.8. The van der Waals surface area contributed by atoms with Crippen LogP contribution in [-0.4, -0.2) is 193 Å². The summed E-state index contributed by atoms with van der Waals surface area (Å²) in [5.41, 5.74) is 11.0. The highest BCUT2D eigenvalue weighted by atomic mass is 19.1. The highest BCUT2D eigenvalue weighted by molar-refractivity contribution is 5.96. The molecule has 9 atom stereocenters. The summed E-state index contributed by atoms with van der Waals surface area (Å²) < 4.78 is 36.2. The fraction of sp³-hybridized carbons (Fsp3) is 0.677. The largest absolute Gasteiger partial charge is 0.464 e. The lowest BCUT2D eigenvalue weighted by molar-refractivity contribution is -0.155. The van der Waals surface area contributed by atoms with Crippen molar-refractivity contribution in [3.63, 3.8) is 0 Å². The van der Waals surface area contributed by atoms with E-state index in [1.807, 2.05) is 12.1 Å². The third-order valence-corrected chi connectivity index (χ3v) is 20.9. The lowest BCUT2D eigenvalue weighted by Crippen LogP contribution is -2.62. The summed E-state index contributed by atoms with van der Waals surface area (Å²) in [5.74, 6) is 0.0694. The monoisotopic (exact) mass is 1140 g/mol. The number of cyclic esters (lactones) is 1. The molecule has 3 amide bonds. The number of halogens is 1. The predicted molar refractivity (Wildman–Crippen MR) is 317 cm³/mol. The van der Waals surface area contributed by atoms with Crippen molar-refractivity contribution >= 4 is 46.4 Å². The van der Waals surface area contributed by atoms with E-state index >= 15 is 14.0 Å². The summed E-state index contributed by atoms with van der Waals surface area (Å²) in [6.45, 7) is 17.3. The number of morpholine rings is 1. The van der Waals surface area contributed by atoms with E-state index in [-0.39, 0.29) is 60.3 Å². The number of aromatic nitrogens is 1. The average Bonchev–Trinajstić information content (AvgIpc) is 3.34. The molecule has 3 aromatic rings. The van der Waals surface area contributed by atoms with Crippen molar-refractivity contribution < 1.29 is 37.8 Å². The second-order valence-electron chi connectivity index (χ2n) is 27.3. The van der Waals surface area contributed by atoms with Crippen LogP contribution in [0, 0.1) is 22.7 Å². The Labute approximate surface area is 489 Å². The van der Waals surface area contributed by atoms with Crippen LogP contribution < -0.4 is 16.1 Å². The van der Waals surface area contributed by atoms with E-state index in [2.05, 4.69) is 98.4 Å². The highest BCUT2D eigenvalue weighted by Gasteiger charge is 2.55. The van der Waals surface area contributed by atoms with Gasteiger partial charge in [0.05, 0.1) is 43.4 Å². The first kappa shape index (κ1) is 57.0. The smallest absolute Gasteiger partial charge is 0.324 e. The van der Waals surface area contributed by atoms with Crippen molar-refractivity contribution in [2.24, 2.45) is 27.7 Å². The second kappa shape index (κ2) is 23.3. The van der Waals surface area contributed by atoms with Crippen LogP contribution in [0.5, 0.6) is 0 Å². The Balaban J connectivity index is 0.845. The number of amides is 3. The first-order chi connectivity index (χ1) is 40.2. The highest BCUT2D eigenvalue weighted by Crippen LogP contribution is 2.46. The van der Waals surface area contributed by atoms with Crippen LogP contribution in [0.1, 0.15) is 121 Å². The number of esters is 1. The number of hydrazine groups is 1. The van der Waals surface area contributed by atoms with Gasteiger partial charge in [0, 0.05) is 124 Å². The molecule has 6 bridgehead atoms. The minimum absolute atomic E-state index is 0.0483. The van der Waals surface area contributed by atoms with Gasteiger partial charge < -0.3 is 29.0 Å². The number of carbonyl (C=O) groups excluding carboxylic acids is 4. The number of carbonyl (C=O) groups is 4. The van der Waals surface area contributed by atoms with Crippen LogP contribution >= 0.6 is 0 Å². The molecule has 2 aliphatic carbocycles. The molecule has 13 rings (SSSR count). The van der Waals surface area contributed by atoms with Gasteiger partial charge in [-0.25, -0.2) is 9.82 Å². The first-order valence-corrected chi connectivity index (χ1v) is 31.7. The fourth-order valence-electron chi connectivity index (χ4n) is 16.1. The van der Waals surface area contributed by atoms with Gasteiger partial charge in [-0.2, -0.15) is 0 Å². The number of rotatable bonds is 12. The van der Waals surface area contributed by atoms with Gasteiger partial charge in [0.2, 0.25) is 11.8 Å². The van der Waals surface area contributed by atoms with Gasteiger partial charge in [0.15, 0.2) is 0 Å². The predicted octanol–water partition coefficient (Wildman–Crippen LogP) is 6.29. The molecule has 6 saturated heterocycles. The third kappa shape index (κ3) is 11.5. The Morgan fingerprint density at radius 1 is 0.928 bits per heavy atom. The second-order valence-corrected chi connectivity index (χ2v) is 27.3. The summed E-state index contributed by atoms with van der Waals surface area (Å²) in [6, 6.07) is 10.8. The molecule has 18 heteroatoms. The van der Waals surface area contributed by atoms with Crippen LogP contribution in [0.15, 0.2) is 47.1 Å². The molecule has 1 unspecified atom stereocenters. The lowest BCUT2D eigenvalue weighted by Gasteiger charge is -2.46. The number of alkyl halides is 1. The molecule has 17 nitrogen and oxygen atoms in total. The molecule has 8 aliphatic heterocycles. The number of benzene rings is 2. The maximum atomic E-state index is 15.4. The number of likely N-dealkylation sites (tertiary alicyclic amines) is 2. The van der Waals surface area contributed by atoms with Crippen LogP contribution in [-0.2, 0) is 59.4 Å². The Hall–Kier alpha value is -5.08. The average molecular weight is 1140 g/mol. The summed E-state index contributed by atoms with van der Waals surface area (Å²) >= 11 is 0. The van der Waals surface area contributed by atoms with Crippen LogP contribution in [0.4, 0.5) is 4.39 Å². The van der Waals surface area contributed by atoms with E-state index < -0.39 is 36.2 Å².